The lowest BCUT2D eigenvalue weighted by Crippen LogP contribution is -2.26. The highest BCUT2D eigenvalue weighted by molar-refractivity contribution is 6.32. The molecule has 5 nitrogen and oxygen atoms in total. The van der Waals surface area contributed by atoms with Gasteiger partial charge in [0.25, 0.3) is 0 Å². The summed E-state index contributed by atoms with van der Waals surface area (Å²) in [4.78, 5) is 11.6. The Kier molecular flexibility index (Phi) is 3.40. The fourth-order valence-electron chi connectivity index (χ4n) is 1.69. The maximum Gasteiger partial charge on any atom is 0.327 e. The minimum atomic E-state index is -0.577. The molecule has 0 amide bonds. The second kappa shape index (κ2) is 4.81. The molecule has 0 bridgehead atoms. The monoisotopic (exact) mass is 257 g/mol. The molecule has 0 saturated carbocycles. The van der Waals surface area contributed by atoms with Crippen molar-refractivity contribution in [1.29, 1.82) is 0 Å². The smallest absolute Gasteiger partial charge is 0.327 e. The van der Waals surface area contributed by atoms with Crippen molar-refractivity contribution in [3.63, 3.8) is 0 Å². The molecule has 92 valence electrons. The molecule has 1 aromatic rings. The van der Waals surface area contributed by atoms with Crippen LogP contribution >= 0.6 is 11.6 Å². The molecule has 0 fully saturated rings. The molecule has 1 heterocycles. The van der Waals surface area contributed by atoms with Crippen LogP contribution in [0.25, 0.3) is 0 Å². The summed E-state index contributed by atoms with van der Waals surface area (Å²) in [6.45, 7) is 0.140. The third-order valence-corrected chi connectivity index (χ3v) is 2.79. The summed E-state index contributed by atoms with van der Waals surface area (Å²) in [5, 5.41) is 3.27. The zero-order valence-corrected chi connectivity index (χ0v) is 10.2. The van der Waals surface area contributed by atoms with Crippen LogP contribution in [0.4, 0.5) is 0 Å². The summed E-state index contributed by atoms with van der Waals surface area (Å²) in [6, 6.07) is 2.80. The number of fused-ring (bicyclic) bond motifs is 1. The normalized spacial score (nSPS) is 14.5. The van der Waals surface area contributed by atoms with Crippen molar-refractivity contribution >= 4 is 17.6 Å². The zero-order chi connectivity index (χ0) is 12.4. The van der Waals surface area contributed by atoms with E-state index in [1.54, 1.807) is 19.2 Å². The number of rotatable bonds is 3. The van der Waals surface area contributed by atoms with Gasteiger partial charge in [0.15, 0.2) is 11.5 Å². The van der Waals surface area contributed by atoms with Crippen molar-refractivity contribution in [1.82, 2.24) is 5.32 Å². The van der Waals surface area contributed by atoms with Crippen LogP contribution in [0.15, 0.2) is 12.1 Å². The number of carbonyl (C=O) groups excluding carboxylic acids is 1. The number of methoxy groups -OCH3 is 1. The number of hydrogen-bond donors (Lipinski definition) is 1. The minimum Gasteiger partial charge on any atom is -0.468 e. The van der Waals surface area contributed by atoms with Gasteiger partial charge in [-0.2, -0.15) is 0 Å². The predicted molar refractivity (Wildman–Crippen MR) is 61.4 cm³/mol. The van der Waals surface area contributed by atoms with E-state index in [1.165, 1.54) is 7.11 Å². The molecule has 0 aliphatic carbocycles. The fraction of sp³-hybridized carbons (Fsp3) is 0.364. The largest absolute Gasteiger partial charge is 0.468 e. The lowest BCUT2D eigenvalue weighted by Gasteiger charge is -2.14. The Bertz CT molecular complexity index is 449. The van der Waals surface area contributed by atoms with Crippen LogP contribution in [0.1, 0.15) is 11.6 Å². The van der Waals surface area contributed by atoms with Crippen LogP contribution < -0.4 is 14.8 Å². The summed E-state index contributed by atoms with van der Waals surface area (Å²) >= 11 is 6.04. The van der Waals surface area contributed by atoms with E-state index in [0.29, 0.717) is 22.1 Å². The van der Waals surface area contributed by atoms with Gasteiger partial charge < -0.3 is 19.5 Å². The molecule has 0 radical (unpaired) electrons. The third-order valence-electron chi connectivity index (χ3n) is 2.51. The molecule has 1 aliphatic heterocycles. The highest BCUT2D eigenvalue weighted by Crippen LogP contribution is 2.41. The van der Waals surface area contributed by atoms with Gasteiger partial charge in [0, 0.05) is 0 Å². The number of nitrogens with one attached hydrogen (secondary N) is 1. The van der Waals surface area contributed by atoms with Crippen LogP contribution in [0, 0.1) is 0 Å². The van der Waals surface area contributed by atoms with Crippen molar-refractivity contribution in [2.75, 3.05) is 21.0 Å². The number of benzene rings is 1. The van der Waals surface area contributed by atoms with Crippen molar-refractivity contribution in [3.8, 4) is 11.5 Å². The Morgan fingerprint density at radius 3 is 2.94 bits per heavy atom. The van der Waals surface area contributed by atoms with Crippen LogP contribution in [0.3, 0.4) is 0 Å². The van der Waals surface area contributed by atoms with Crippen molar-refractivity contribution < 1.29 is 19.0 Å². The molecule has 0 saturated heterocycles. The van der Waals surface area contributed by atoms with Gasteiger partial charge in [0.2, 0.25) is 6.79 Å². The first-order chi connectivity index (χ1) is 8.17. The predicted octanol–water partition coefficient (Wildman–Crippen LogP) is 1.50. The first-order valence-electron chi connectivity index (χ1n) is 5.01. The van der Waals surface area contributed by atoms with E-state index in [-0.39, 0.29) is 12.8 Å². The Morgan fingerprint density at radius 1 is 1.53 bits per heavy atom. The van der Waals surface area contributed by atoms with Crippen LogP contribution in [0.5, 0.6) is 11.5 Å². The third kappa shape index (κ3) is 2.16. The summed E-state index contributed by atoms with van der Waals surface area (Å²) in [5.74, 6) is 0.661. The Morgan fingerprint density at radius 2 is 2.29 bits per heavy atom. The molecule has 1 aromatic carbocycles. The quantitative estimate of drug-likeness (QED) is 0.832. The first-order valence-corrected chi connectivity index (χ1v) is 5.39. The van der Waals surface area contributed by atoms with E-state index in [1.807, 2.05) is 0 Å². The van der Waals surface area contributed by atoms with Gasteiger partial charge in [-0.05, 0) is 24.7 Å². The molecular formula is C11H12ClNO4. The summed E-state index contributed by atoms with van der Waals surface area (Å²) in [5.41, 5.74) is 0.675. The molecule has 1 unspecified atom stereocenters. The van der Waals surface area contributed by atoms with Crippen molar-refractivity contribution in [2.24, 2.45) is 0 Å². The molecule has 1 atom stereocenters. The average Bonchev–Trinajstić information content (AvgIpc) is 2.78. The fourth-order valence-corrected chi connectivity index (χ4v) is 1.97. The number of hydrogen-bond acceptors (Lipinski definition) is 5. The number of halogens is 1. The van der Waals surface area contributed by atoms with Crippen molar-refractivity contribution in [2.45, 2.75) is 6.04 Å². The lowest BCUT2D eigenvalue weighted by molar-refractivity contribution is -0.143. The molecule has 0 spiro atoms. The minimum absolute atomic E-state index is 0.140. The molecule has 6 heteroatoms. The highest BCUT2D eigenvalue weighted by atomic mass is 35.5. The van der Waals surface area contributed by atoms with E-state index in [2.05, 4.69) is 5.32 Å². The van der Waals surface area contributed by atoms with Crippen LogP contribution in [-0.2, 0) is 9.53 Å². The average molecular weight is 258 g/mol. The second-order valence-electron chi connectivity index (χ2n) is 3.48. The zero-order valence-electron chi connectivity index (χ0n) is 9.45. The molecule has 17 heavy (non-hydrogen) atoms. The number of esters is 1. The Balaban J connectivity index is 2.39. The number of likely N-dealkylation sites (N-methyl/N-ethyl adjacent to an activating group) is 1. The van der Waals surface area contributed by atoms with Gasteiger partial charge in [0.05, 0.1) is 12.1 Å². The highest BCUT2D eigenvalue weighted by Gasteiger charge is 2.25. The van der Waals surface area contributed by atoms with Gasteiger partial charge in [-0.25, -0.2) is 4.79 Å². The SMILES string of the molecule is CNC(C(=O)OC)c1cc(Cl)c2c(c1)OCO2. The van der Waals surface area contributed by atoms with E-state index >= 15 is 0 Å². The summed E-state index contributed by atoms with van der Waals surface area (Å²) in [7, 11) is 3.00. The summed E-state index contributed by atoms with van der Waals surface area (Å²) in [6.07, 6.45) is 0. The maximum absolute atomic E-state index is 11.6. The molecule has 1 aliphatic rings. The maximum atomic E-state index is 11.6. The van der Waals surface area contributed by atoms with Gasteiger partial charge in [-0.1, -0.05) is 11.6 Å². The van der Waals surface area contributed by atoms with Crippen LogP contribution in [0.2, 0.25) is 5.02 Å². The second-order valence-corrected chi connectivity index (χ2v) is 3.89. The number of carbonyl (C=O) groups is 1. The standard InChI is InChI=1S/C11H12ClNO4/c1-13-9(11(14)15-2)6-3-7(12)10-8(4-6)16-5-17-10/h3-4,9,13H,5H2,1-2H3. The van der Waals surface area contributed by atoms with Gasteiger partial charge >= 0.3 is 5.97 Å². The van der Waals surface area contributed by atoms with Crippen molar-refractivity contribution in [3.05, 3.63) is 22.7 Å². The topological polar surface area (TPSA) is 56.8 Å². The van der Waals surface area contributed by atoms with E-state index in [9.17, 15) is 4.79 Å². The Labute approximate surface area is 104 Å². The van der Waals surface area contributed by atoms with Gasteiger partial charge in [-0.15, -0.1) is 0 Å². The van der Waals surface area contributed by atoms with Gasteiger partial charge in [-0.3, -0.25) is 0 Å². The van der Waals surface area contributed by atoms with E-state index < -0.39 is 6.04 Å². The molecule has 0 aromatic heterocycles. The molecule has 2 rings (SSSR count). The number of ether oxygens (including phenoxy) is 3. The molecule has 1 N–H and O–H groups in total. The Hall–Kier alpha value is -1.46. The lowest BCUT2D eigenvalue weighted by atomic mass is 10.1. The summed E-state index contributed by atoms with van der Waals surface area (Å²) < 4.78 is 15.1. The van der Waals surface area contributed by atoms with E-state index in [0.717, 1.165) is 0 Å². The van der Waals surface area contributed by atoms with E-state index in [4.69, 9.17) is 25.8 Å². The molecular weight excluding hydrogens is 246 g/mol. The van der Waals surface area contributed by atoms with Crippen LogP contribution in [-0.4, -0.2) is 26.9 Å². The van der Waals surface area contributed by atoms with Gasteiger partial charge in [0.1, 0.15) is 6.04 Å². The first kappa shape index (κ1) is 12.0.